The fourth-order valence-corrected chi connectivity index (χ4v) is 4.78. The Labute approximate surface area is 183 Å². The molecule has 168 valence electrons. The standard InChI is InChI=1S/C25H41N3O2/c1-20(30-22-11-9-21(10-12-22)24(2,3)4)23(29)26-19-25(13-7-6-8-14-25)28-17-15-27(5)16-18-28/h9-12,20H,6-8,13-19H2,1-5H3,(H,26,29)/t20-/m0/s1. The number of piperazine rings is 1. The number of benzene rings is 1. The number of hydrogen-bond acceptors (Lipinski definition) is 4. The van der Waals surface area contributed by atoms with Crippen LogP contribution in [0, 0.1) is 0 Å². The van der Waals surface area contributed by atoms with Crippen LogP contribution >= 0.6 is 0 Å². The Kier molecular flexibility index (Phi) is 7.46. The zero-order valence-corrected chi connectivity index (χ0v) is 19.7. The Morgan fingerprint density at radius 1 is 1.07 bits per heavy atom. The first-order valence-electron chi connectivity index (χ1n) is 11.7. The van der Waals surface area contributed by atoms with Gasteiger partial charge >= 0.3 is 0 Å². The maximum Gasteiger partial charge on any atom is 0.260 e. The van der Waals surface area contributed by atoms with Crippen LogP contribution in [0.3, 0.4) is 0 Å². The molecule has 1 aromatic rings. The third-order valence-corrected chi connectivity index (χ3v) is 6.95. The topological polar surface area (TPSA) is 44.8 Å². The number of ether oxygens (including phenoxy) is 1. The summed E-state index contributed by atoms with van der Waals surface area (Å²) in [5, 5.41) is 3.24. The van der Waals surface area contributed by atoms with Crippen molar-refractivity contribution >= 4 is 5.91 Å². The van der Waals surface area contributed by atoms with Gasteiger partial charge in [-0.05, 0) is 49.9 Å². The Morgan fingerprint density at radius 3 is 2.23 bits per heavy atom. The Balaban J connectivity index is 1.57. The van der Waals surface area contributed by atoms with Gasteiger partial charge in [-0.15, -0.1) is 0 Å². The smallest absolute Gasteiger partial charge is 0.260 e. The van der Waals surface area contributed by atoms with Crippen molar-refractivity contribution in [3.05, 3.63) is 29.8 Å². The van der Waals surface area contributed by atoms with Crippen LogP contribution in [0.4, 0.5) is 0 Å². The van der Waals surface area contributed by atoms with Crippen LogP contribution in [0.2, 0.25) is 0 Å². The van der Waals surface area contributed by atoms with E-state index in [1.807, 2.05) is 19.1 Å². The van der Waals surface area contributed by atoms with E-state index >= 15 is 0 Å². The summed E-state index contributed by atoms with van der Waals surface area (Å²) in [5.74, 6) is 0.728. The van der Waals surface area contributed by atoms with Crippen LogP contribution in [-0.4, -0.2) is 67.1 Å². The predicted molar refractivity (Wildman–Crippen MR) is 123 cm³/mol. The lowest BCUT2D eigenvalue weighted by Crippen LogP contribution is -2.62. The van der Waals surface area contributed by atoms with Gasteiger partial charge in [-0.3, -0.25) is 9.69 Å². The molecule has 1 amide bonds. The van der Waals surface area contributed by atoms with E-state index in [2.05, 4.69) is 55.1 Å². The molecule has 2 fully saturated rings. The summed E-state index contributed by atoms with van der Waals surface area (Å²) in [4.78, 5) is 17.9. The van der Waals surface area contributed by atoms with E-state index in [-0.39, 0.29) is 16.9 Å². The van der Waals surface area contributed by atoms with Gasteiger partial charge in [0.15, 0.2) is 6.10 Å². The van der Waals surface area contributed by atoms with Crippen LogP contribution < -0.4 is 10.1 Å². The molecule has 0 radical (unpaired) electrons. The van der Waals surface area contributed by atoms with E-state index in [0.29, 0.717) is 0 Å². The van der Waals surface area contributed by atoms with Crippen LogP contribution in [0.5, 0.6) is 5.75 Å². The van der Waals surface area contributed by atoms with Gasteiger partial charge in [0.1, 0.15) is 5.75 Å². The molecule has 1 atom stereocenters. The third-order valence-electron chi connectivity index (χ3n) is 6.95. The number of carbonyl (C=O) groups excluding carboxylic acids is 1. The van der Waals surface area contributed by atoms with Crippen molar-refractivity contribution in [3.63, 3.8) is 0 Å². The first-order valence-corrected chi connectivity index (χ1v) is 11.7. The van der Waals surface area contributed by atoms with Gasteiger partial charge in [0.05, 0.1) is 0 Å². The maximum absolute atomic E-state index is 12.8. The summed E-state index contributed by atoms with van der Waals surface area (Å²) < 4.78 is 5.94. The second kappa shape index (κ2) is 9.69. The summed E-state index contributed by atoms with van der Waals surface area (Å²) in [6.07, 6.45) is 5.69. The number of amides is 1. The predicted octanol–water partition coefficient (Wildman–Crippen LogP) is 3.82. The molecule has 3 rings (SSSR count). The van der Waals surface area contributed by atoms with Crippen molar-refractivity contribution in [1.82, 2.24) is 15.1 Å². The molecule has 1 saturated heterocycles. The summed E-state index contributed by atoms with van der Waals surface area (Å²) in [5.41, 5.74) is 1.49. The lowest BCUT2D eigenvalue weighted by atomic mass is 9.79. The highest BCUT2D eigenvalue weighted by Crippen LogP contribution is 2.34. The fourth-order valence-electron chi connectivity index (χ4n) is 4.78. The summed E-state index contributed by atoms with van der Waals surface area (Å²) in [7, 11) is 2.19. The minimum absolute atomic E-state index is 0.0195. The van der Waals surface area contributed by atoms with Gasteiger partial charge in [0.25, 0.3) is 5.91 Å². The molecule has 0 bridgehead atoms. The molecule has 1 saturated carbocycles. The van der Waals surface area contributed by atoms with Crippen LogP contribution in [0.25, 0.3) is 0 Å². The number of hydrogen-bond donors (Lipinski definition) is 1. The molecular weight excluding hydrogens is 374 g/mol. The van der Waals surface area contributed by atoms with Crippen molar-refractivity contribution in [2.24, 2.45) is 0 Å². The van der Waals surface area contributed by atoms with Gasteiger partial charge in [-0.2, -0.15) is 0 Å². The van der Waals surface area contributed by atoms with E-state index in [4.69, 9.17) is 4.74 Å². The molecule has 30 heavy (non-hydrogen) atoms. The molecule has 5 heteroatoms. The summed E-state index contributed by atoms with van der Waals surface area (Å²) >= 11 is 0. The molecule has 1 N–H and O–H groups in total. The van der Waals surface area contributed by atoms with Crippen molar-refractivity contribution in [1.29, 1.82) is 0 Å². The molecule has 1 aromatic carbocycles. The highest BCUT2D eigenvalue weighted by Gasteiger charge is 2.39. The minimum atomic E-state index is -0.501. The van der Waals surface area contributed by atoms with Crippen molar-refractivity contribution < 1.29 is 9.53 Å². The molecule has 0 unspecified atom stereocenters. The van der Waals surface area contributed by atoms with E-state index in [0.717, 1.165) is 38.5 Å². The number of carbonyl (C=O) groups is 1. The first kappa shape index (κ1) is 23.1. The number of nitrogens with zero attached hydrogens (tertiary/aromatic N) is 2. The fraction of sp³-hybridized carbons (Fsp3) is 0.720. The highest BCUT2D eigenvalue weighted by atomic mass is 16.5. The average molecular weight is 416 g/mol. The van der Waals surface area contributed by atoms with E-state index in [1.165, 1.54) is 37.7 Å². The lowest BCUT2D eigenvalue weighted by molar-refractivity contribution is -0.128. The van der Waals surface area contributed by atoms with E-state index in [9.17, 15) is 4.79 Å². The minimum Gasteiger partial charge on any atom is -0.481 e. The quantitative estimate of drug-likeness (QED) is 0.767. The molecular formula is C25H41N3O2. The maximum atomic E-state index is 12.8. The third kappa shape index (κ3) is 5.76. The molecule has 2 aliphatic rings. The number of likely N-dealkylation sites (N-methyl/N-ethyl adjacent to an activating group) is 1. The Hall–Kier alpha value is -1.59. The van der Waals surface area contributed by atoms with Gasteiger partial charge in [0, 0.05) is 38.3 Å². The summed E-state index contributed by atoms with van der Waals surface area (Å²) in [6.45, 7) is 13.6. The van der Waals surface area contributed by atoms with Crippen molar-refractivity contribution in [3.8, 4) is 5.75 Å². The van der Waals surface area contributed by atoms with Gasteiger partial charge in [-0.25, -0.2) is 0 Å². The Bertz CT molecular complexity index is 681. The van der Waals surface area contributed by atoms with Gasteiger partial charge < -0.3 is 15.0 Å². The van der Waals surface area contributed by atoms with Gasteiger partial charge in [0.2, 0.25) is 0 Å². The highest BCUT2D eigenvalue weighted by molar-refractivity contribution is 5.80. The second-order valence-electron chi connectivity index (χ2n) is 10.3. The number of rotatable bonds is 6. The zero-order chi connectivity index (χ0) is 21.8. The van der Waals surface area contributed by atoms with Crippen molar-refractivity contribution in [2.75, 3.05) is 39.8 Å². The van der Waals surface area contributed by atoms with Crippen LogP contribution in [0.15, 0.2) is 24.3 Å². The molecule has 1 heterocycles. The molecule has 5 nitrogen and oxygen atoms in total. The van der Waals surface area contributed by atoms with Crippen LogP contribution in [0.1, 0.15) is 65.4 Å². The number of nitrogens with one attached hydrogen (secondary N) is 1. The molecule has 0 aromatic heterocycles. The lowest BCUT2D eigenvalue weighted by Gasteiger charge is -2.49. The molecule has 1 aliphatic heterocycles. The average Bonchev–Trinajstić information content (AvgIpc) is 2.73. The SMILES string of the molecule is C[C@H](Oc1ccc(C(C)(C)C)cc1)C(=O)NCC1(N2CCN(C)CC2)CCCCC1. The zero-order valence-electron chi connectivity index (χ0n) is 19.7. The normalized spacial score (nSPS) is 21.8. The molecule has 1 aliphatic carbocycles. The Morgan fingerprint density at radius 2 is 1.67 bits per heavy atom. The monoisotopic (exact) mass is 415 g/mol. The van der Waals surface area contributed by atoms with Crippen molar-refractivity contribution in [2.45, 2.75) is 76.9 Å². The second-order valence-corrected chi connectivity index (χ2v) is 10.3. The van der Waals surface area contributed by atoms with Gasteiger partial charge in [-0.1, -0.05) is 52.2 Å². The van der Waals surface area contributed by atoms with E-state index < -0.39 is 6.10 Å². The van der Waals surface area contributed by atoms with Crippen LogP contribution in [-0.2, 0) is 10.2 Å². The first-order chi connectivity index (χ1) is 14.2. The molecule has 0 spiro atoms. The largest absolute Gasteiger partial charge is 0.481 e. The van der Waals surface area contributed by atoms with E-state index in [1.54, 1.807) is 0 Å². The summed E-state index contributed by atoms with van der Waals surface area (Å²) in [6, 6.07) is 8.11.